The van der Waals surface area contributed by atoms with Gasteiger partial charge in [-0.1, -0.05) is 0 Å². The molecule has 0 bridgehead atoms. The lowest BCUT2D eigenvalue weighted by molar-refractivity contribution is -0.160. The molecule has 0 fully saturated rings. The molecule has 0 spiro atoms. The van der Waals surface area contributed by atoms with Crippen molar-refractivity contribution in [3.8, 4) is 0 Å². The quantitative estimate of drug-likeness (QED) is 0.234. The highest BCUT2D eigenvalue weighted by atomic mass is 16.6. The third-order valence-electron chi connectivity index (χ3n) is 2.58. The molecule has 0 amide bonds. The van der Waals surface area contributed by atoms with Crippen LogP contribution in [0.25, 0.3) is 0 Å². The highest BCUT2D eigenvalue weighted by molar-refractivity contribution is 6.27. The molecule has 0 aliphatic rings. The van der Waals surface area contributed by atoms with Gasteiger partial charge in [0, 0.05) is 0 Å². The van der Waals surface area contributed by atoms with E-state index in [1.807, 2.05) is 0 Å². The number of esters is 2. The Kier molecular flexibility index (Phi) is 15.0. The maximum Gasteiger partial charge on any atom is 0.414 e. The van der Waals surface area contributed by atoms with Crippen molar-refractivity contribution in [3.63, 3.8) is 0 Å². The summed E-state index contributed by atoms with van der Waals surface area (Å²) in [5.74, 6) is -4.79. The molecule has 4 atom stereocenters. The molecular weight excluding hydrogens is 404 g/mol. The second-order valence-corrected chi connectivity index (χ2v) is 8.21. The van der Waals surface area contributed by atoms with Gasteiger partial charge in [0.05, 0.1) is 12.2 Å². The SMILES string of the molecule is C[C@@H](O)[C@H](N)C(=O)OC(C)(C)C.C[C@@H](O)[C@H](N)C(=O)OC(C)(C)C.O=C(O)C(=O)O. The van der Waals surface area contributed by atoms with Crippen molar-refractivity contribution in [1.82, 2.24) is 0 Å². The first-order valence-corrected chi connectivity index (χ1v) is 8.91. The van der Waals surface area contributed by atoms with Gasteiger partial charge in [-0.3, -0.25) is 9.59 Å². The Hall–Kier alpha value is -2.28. The van der Waals surface area contributed by atoms with Crippen LogP contribution in [-0.4, -0.2) is 79.8 Å². The van der Waals surface area contributed by atoms with Crippen molar-refractivity contribution in [1.29, 1.82) is 0 Å². The Bertz CT molecular complexity index is 512. The van der Waals surface area contributed by atoms with Gasteiger partial charge in [0.15, 0.2) is 0 Å². The molecule has 12 heteroatoms. The van der Waals surface area contributed by atoms with E-state index >= 15 is 0 Å². The summed E-state index contributed by atoms with van der Waals surface area (Å²) in [6.07, 6.45) is -1.75. The van der Waals surface area contributed by atoms with Crippen LogP contribution < -0.4 is 11.5 Å². The summed E-state index contributed by atoms with van der Waals surface area (Å²) in [7, 11) is 0. The Labute approximate surface area is 176 Å². The summed E-state index contributed by atoms with van der Waals surface area (Å²) >= 11 is 0. The van der Waals surface area contributed by atoms with Gasteiger partial charge in [0.1, 0.15) is 23.3 Å². The van der Waals surface area contributed by atoms with Gasteiger partial charge in [-0.25, -0.2) is 9.59 Å². The van der Waals surface area contributed by atoms with Crippen LogP contribution in [0.5, 0.6) is 0 Å². The molecule has 8 N–H and O–H groups in total. The first kappa shape index (κ1) is 32.4. The Morgan fingerprint density at radius 1 is 0.667 bits per heavy atom. The molecule has 0 aromatic rings. The van der Waals surface area contributed by atoms with Gasteiger partial charge in [-0.05, 0) is 55.4 Å². The van der Waals surface area contributed by atoms with E-state index in [4.69, 9.17) is 51.0 Å². The fourth-order valence-corrected chi connectivity index (χ4v) is 1.13. The van der Waals surface area contributed by atoms with E-state index in [1.54, 1.807) is 41.5 Å². The molecule has 0 heterocycles. The zero-order valence-electron chi connectivity index (χ0n) is 18.7. The van der Waals surface area contributed by atoms with Gasteiger partial charge in [0.25, 0.3) is 0 Å². The monoisotopic (exact) mass is 440 g/mol. The molecule has 30 heavy (non-hydrogen) atoms. The van der Waals surface area contributed by atoms with Crippen LogP contribution in [0.1, 0.15) is 55.4 Å². The number of carbonyl (C=O) groups is 4. The maximum atomic E-state index is 11.1. The van der Waals surface area contributed by atoms with Crippen LogP contribution in [-0.2, 0) is 28.7 Å². The summed E-state index contributed by atoms with van der Waals surface area (Å²) < 4.78 is 9.87. The first-order chi connectivity index (χ1) is 13.1. The largest absolute Gasteiger partial charge is 0.473 e. The molecule has 0 aromatic heterocycles. The van der Waals surface area contributed by atoms with Crippen molar-refractivity contribution in [2.75, 3.05) is 0 Å². The highest BCUT2D eigenvalue weighted by Crippen LogP contribution is 2.09. The minimum atomic E-state index is -1.82. The normalized spacial score (nSPS) is 14.9. The van der Waals surface area contributed by atoms with E-state index in [0.29, 0.717) is 0 Å². The van der Waals surface area contributed by atoms with Gasteiger partial charge >= 0.3 is 23.9 Å². The van der Waals surface area contributed by atoms with Crippen molar-refractivity contribution in [2.24, 2.45) is 11.5 Å². The van der Waals surface area contributed by atoms with E-state index in [-0.39, 0.29) is 0 Å². The Morgan fingerprint density at radius 2 is 0.867 bits per heavy atom. The van der Waals surface area contributed by atoms with Crippen LogP contribution >= 0.6 is 0 Å². The Morgan fingerprint density at radius 3 is 0.967 bits per heavy atom. The number of ether oxygens (including phenoxy) is 2. The second kappa shape index (κ2) is 13.9. The van der Waals surface area contributed by atoms with Gasteiger partial charge in [-0.15, -0.1) is 0 Å². The zero-order chi connectivity index (χ0) is 25.0. The predicted molar refractivity (Wildman–Crippen MR) is 106 cm³/mol. The van der Waals surface area contributed by atoms with Crippen molar-refractivity contribution >= 4 is 23.9 Å². The first-order valence-electron chi connectivity index (χ1n) is 8.91. The maximum absolute atomic E-state index is 11.1. The minimum Gasteiger partial charge on any atom is -0.473 e. The number of rotatable bonds is 4. The molecule has 0 rings (SSSR count). The van der Waals surface area contributed by atoms with Crippen LogP contribution in [0, 0.1) is 0 Å². The van der Waals surface area contributed by atoms with Gasteiger partial charge < -0.3 is 41.4 Å². The number of hydrogen-bond donors (Lipinski definition) is 6. The molecule has 178 valence electrons. The van der Waals surface area contributed by atoms with Crippen LogP contribution in [0.2, 0.25) is 0 Å². The van der Waals surface area contributed by atoms with Gasteiger partial charge in [-0.2, -0.15) is 0 Å². The topological polar surface area (TPSA) is 220 Å². The molecule has 0 unspecified atom stereocenters. The average Bonchev–Trinajstić information content (AvgIpc) is 2.50. The Balaban J connectivity index is -0.000000386. The molecule has 12 nitrogen and oxygen atoms in total. The summed E-state index contributed by atoms with van der Waals surface area (Å²) in [5.41, 5.74) is 9.58. The summed E-state index contributed by atoms with van der Waals surface area (Å²) in [6.45, 7) is 13.4. The third-order valence-corrected chi connectivity index (χ3v) is 2.58. The third kappa shape index (κ3) is 20.5. The standard InChI is InChI=1S/2C8H17NO3.C2H2O4/c2*1-5(10)6(9)7(11)12-8(2,3)4;3-1(4)2(5)6/h2*5-6,10H,9H2,1-4H3;(H,3,4)(H,5,6)/t2*5-,6+;/m11./s1. The lowest BCUT2D eigenvalue weighted by atomic mass is 10.1. The summed E-state index contributed by atoms with van der Waals surface area (Å²) in [4.78, 5) is 40.4. The molecular formula is C18H36N2O10. The smallest absolute Gasteiger partial charge is 0.414 e. The molecule has 0 aliphatic carbocycles. The summed E-state index contributed by atoms with van der Waals surface area (Å²) in [5, 5.41) is 32.7. The van der Waals surface area contributed by atoms with E-state index in [9.17, 15) is 9.59 Å². The van der Waals surface area contributed by atoms with E-state index < -0.39 is 59.4 Å². The fourth-order valence-electron chi connectivity index (χ4n) is 1.13. The second-order valence-electron chi connectivity index (χ2n) is 8.21. The number of nitrogens with two attached hydrogens (primary N) is 2. The minimum absolute atomic E-state index is 0.552. The predicted octanol–water partition coefficient (Wildman–Crippen LogP) is -0.772. The fraction of sp³-hybridized carbons (Fsp3) is 0.778. The lowest BCUT2D eigenvalue weighted by Crippen LogP contribution is -2.44. The number of aliphatic hydroxyl groups excluding tert-OH is 2. The lowest BCUT2D eigenvalue weighted by Gasteiger charge is -2.23. The van der Waals surface area contributed by atoms with Gasteiger partial charge in [0.2, 0.25) is 0 Å². The molecule has 0 aliphatic heterocycles. The van der Waals surface area contributed by atoms with Crippen molar-refractivity contribution < 1.29 is 49.1 Å². The average molecular weight is 440 g/mol. The van der Waals surface area contributed by atoms with E-state index in [1.165, 1.54) is 13.8 Å². The molecule has 0 radical (unpaired) electrons. The summed E-state index contributed by atoms with van der Waals surface area (Å²) in [6, 6.07) is -1.91. The van der Waals surface area contributed by atoms with Crippen molar-refractivity contribution in [2.45, 2.75) is 90.9 Å². The number of aliphatic hydroxyl groups is 2. The van der Waals surface area contributed by atoms with Crippen molar-refractivity contribution in [3.05, 3.63) is 0 Å². The number of aliphatic carboxylic acids is 2. The molecule has 0 aromatic carbocycles. The van der Waals surface area contributed by atoms with Crippen LogP contribution in [0.4, 0.5) is 0 Å². The molecule has 0 saturated carbocycles. The number of carboxylic acids is 2. The van der Waals surface area contributed by atoms with Crippen LogP contribution in [0.15, 0.2) is 0 Å². The highest BCUT2D eigenvalue weighted by Gasteiger charge is 2.26. The number of hydrogen-bond acceptors (Lipinski definition) is 10. The number of carbonyl (C=O) groups excluding carboxylic acids is 2. The zero-order valence-corrected chi connectivity index (χ0v) is 18.7. The van der Waals surface area contributed by atoms with E-state index in [2.05, 4.69) is 0 Å². The van der Waals surface area contributed by atoms with E-state index in [0.717, 1.165) is 0 Å². The molecule has 0 saturated heterocycles. The van der Waals surface area contributed by atoms with Crippen LogP contribution in [0.3, 0.4) is 0 Å². The number of carboxylic acid groups (broad SMARTS) is 2.